The van der Waals surface area contributed by atoms with E-state index in [1.165, 1.54) is 128 Å². The van der Waals surface area contributed by atoms with Crippen LogP contribution in [0.3, 0.4) is 0 Å². The van der Waals surface area contributed by atoms with Crippen molar-refractivity contribution < 1.29 is 4.42 Å². The zero-order valence-corrected chi connectivity index (χ0v) is 47.4. The Bertz CT molecular complexity index is 4210. The Kier molecular flexibility index (Phi) is 12.7. The number of aryl methyl sites for hydroxylation is 9. The van der Waals surface area contributed by atoms with Gasteiger partial charge in [-0.05, 0) is 252 Å². The van der Waals surface area contributed by atoms with Crippen molar-refractivity contribution in [1.29, 1.82) is 0 Å². The fourth-order valence-corrected chi connectivity index (χ4v) is 12.9. The molecule has 10 aromatic carbocycles. The predicted molar refractivity (Wildman–Crippen MR) is 340 cm³/mol. The van der Waals surface area contributed by atoms with Gasteiger partial charge in [-0.2, -0.15) is 0 Å². The van der Waals surface area contributed by atoms with Crippen LogP contribution < -0.4 is 9.80 Å². The van der Waals surface area contributed by atoms with E-state index in [9.17, 15) is 0 Å². The van der Waals surface area contributed by atoms with Gasteiger partial charge < -0.3 is 14.2 Å². The normalized spacial score (nSPS) is 13.7. The molecule has 0 bridgehead atoms. The first-order chi connectivity index (χ1) is 38.9. The minimum atomic E-state index is 0.140. The van der Waals surface area contributed by atoms with Crippen molar-refractivity contribution in [2.75, 3.05) is 9.80 Å². The van der Waals surface area contributed by atoms with Gasteiger partial charge in [-0.15, -0.1) is 0 Å². The topological polar surface area (TPSA) is 19.6 Å². The summed E-state index contributed by atoms with van der Waals surface area (Å²) in [7, 11) is 0. The largest absolute Gasteiger partial charge is 0.460 e. The average molecular weight is 1040 g/mol. The fourth-order valence-electron chi connectivity index (χ4n) is 12.9. The van der Waals surface area contributed by atoms with E-state index in [4.69, 9.17) is 4.42 Å². The number of rotatable bonds is 10. The quantitative estimate of drug-likeness (QED) is 0.136. The number of nitrogens with zero attached hydrogens (tertiary/aromatic N) is 2. The van der Waals surface area contributed by atoms with E-state index in [2.05, 4.69) is 291 Å². The molecule has 2 aliphatic carbocycles. The van der Waals surface area contributed by atoms with Gasteiger partial charge in [0.2, 0.25) is 0 Å². The van der Waals surface area contributed by atoms with Gasteiger partial charge >= 0.3 is 0 Å². The van der Waals surface area contributed by atoms with Crippen molar-refractivity contribution in [3.63, 3.8) is 0 Å². The number of furan rings is 1. The highest BCUT2D eigenvalue weighted by molar-refractivity contribution is 6.04. The Morgan fingerprint density at radius 1 is 0.375 bits per heavy atom. The van der Waals surface area contributed by atoms with Crippen LogP contribution in [0.2, 0.25) is 0 Å². The fraction of sp³-hybridized carbons (Fsp3) is 0.143. The molecule has 3 heteroatoms. The molecule has 2 aliphatic rings. The van der Waals surface area contributed by atoms with Crippen LogP contribution in [0, 0.1) is 68.2 Å². The van der Waals surface area contributed by atoms with Crippen molar-refractivity contribution in [2.24, 2.45) is 5.92 Å². The van der Waals surface area contributed by atoms with Gasteiger partial charge in [-0.3, -0.25) is 0 Å². The van der Waals surface area contributed by atoms with E-state index >= 15 is 0 Å². The van der Waals surface area contributed by atoms with Gasteiger partial charge in [0.15, 0.2) is 0 Å². The van der Waals surface area contributed by atoms with Crippen LogP contribution in [0.5, 0.6) is 0 Å². The zero-order valence-electron chi connectivity index (χ0n) is 47.4. The number of anilines is 5. The SMILES string of the molecule is Cc1ccccc1-c1ccc(N(C2=CC3Cc4oc5cc6c(C)c(N(c7ccc(-c8ccccc8C)cc7C)c7ccc(-c8ccccc8C)cc7C)ccc6cc5c4C=C3C=C2)c2ccc(-c3ccccc3C)cc2C)c(C)c1. The van der Waals surface area contributed by atoms with Crippen molar-refractivity contribution in [3.8, 4) is 44.5 Å². The smallest absolute Gasteiger partial charge is 0.135 e. The Labute approximate surface area is 472 Å². The summed E-state index contributed by atoms with van der Waals surface area (Å²) in [5.74, 6) is 1.17. The summed E-state index contributed by atoms with van der Waals surface area (Å²) in [5.41, 5.74) is 31.5. The molecule has 13 rings (SSSR count). The van der Waals surface area contributed by atoms with E-state index in [1.807, 2.05) is 0 Å². The van der Waals surface area contributed by atoms with Crippen LogP contribution in [-0.2, 0) is 6.42 Å². The molecule has 80 heavy (non-hydrogen) atoms. The average Bonchev–Trinajstić information content (AvgIpc) is 3.93. The minimum absolute atomic E-state index is 0.140. The third-order valence-electron chi connectivity index (χ3n) is 17.2. The molecule has 0 N–H and O–H groups in total. The lowest BCUT2D eigenvalue weighted by molar-refractivity contribution is 0.520. The van der Waals surface area contributed by atoms with Crippen LogP contribution in [0.15, 0.2) is 228 Å². The molecule has 0 saturated carbocycles. The molecule has 0 amide bonds. The molecule has 1 aromatic heterocycles. The third-order valence-corrected chi connectivity index (χ3v) is 17.2. The van der Waals surface area contributed by atoms with Gasteiger partial charge in [-0.25, -0.2) is 0 Å². The lowest BCUT2D eigenvalue weighted by atomic mass is 9.82. The van der Waals surface area contributed by atoms with Crippen LogP contribution in [0.1, 0.15) is 61.4 Å². The molecule has 0 spiro atoms. The van der Waals surface area contributed by atoms with Gasteiger partial charge in [0.1, 0.15) is 11.3 Å². The van der Waals surface area contributed by atoms with E-state index < -0.39 is 0 Å². The maximum atomic E-state index is 7.05. The minimum Gasteiger partial charge on any atom is -0.460 e. The molecule has 390 valence electrons. The lowest BCUT2D eigenvalue weighted by Gasteiger charge is -2.33. The predicted octanol–water partition coefficient (Wildman–Crippen LogP) is 21.3. The number of allylic oxidation sites excluding steroid dienone is 4. The second kappa shape index (κ2) is 20.2. The molecular formula is C77H66N2O. The second-order valence-corrected chi connectivity index (χ2v) is 22.5. The molecule has 11 aromatic rings. The Hall–Kier alpha value is -9.18. The molecule has 0 aliphatic heterocycles. The Morgan fingerprint density at radius 2 is 0.787 bits per heavy atom. The van der Waals surface area contributed by atoms with E-state index in [0.29, 0.717) is 0 Å². The summed E-state index contributed by atoms with van der Waals surface area (Å²) in [5, 5.41) is 3.54. The number of hydrogen-bond donors (Lipinski definition) is 0. The van der Waals surface area contributed by atoms with Crippen LogP contribution >= 0.6 is 0 Å². The van der Waals surface area contributed by atoms with E-state index in [0.717, 1.165) is 45.9 Å². The second-order valence-electron chi connectivity index (χ2n) is 22.5. The molecule has 0 fully saturated rings. The third kappa shape index (κ3) is 8.88. The Morgan fingerprint density at radius 3 is 1.21 bits per heavy atom. The lowest BCUT2D eigenvalue weighted by Crippen LogP contribution is -2.22. The molecule has 0 radical (unpaired) electrons. The summed E-state index contributed by atoms with van der Waals surface area (Å²) in [6.07, 6.45) is 10.3. The molecule has 1 heterocycles. The highest BCUT2D eigenvalue weighted by atomic mass is 16.3. The van der Waals surface area contributed by atoms with Crippen molar-refractivity contribution >= 4 is 56.3 Å². The molecular weight excluding hydrogens is 969 g/mol. The molecule has 1 unspecified atom stereocenters. The summed E-state index contributed by atoms with van der Waals surface area (Å²) in [6.45, 7) is 20.1. The number of benzene rings is 10. The molecule has 0 saturated heterocycles. The zero-order chi connectivity index (χ0) is 54.9. The molecule has 3 nitrogen and oxygen atoms in total. The van der Waals surface area contributed by atoms with Gasteiger partial charge in [-0.1, -0.05) is 140 Å². The van der Waals surface area contributed by atoms with Crippen molar-refractivity contribution in [2.45, 2.75) is 68.7 Å². The maximum Gasteiger partial charge on any atom is 0.135 e. The van der Waals surface area contributed by atoms with Crippen molar-refractivity contribution in [1.82, 2.24) is 0 Å². The monoisotopic (exact) mass is 1030 g/mol. The Balaban J connectivity index is 0.881. The highest BCUT2D eigenvalue weighted by Crippen LogP contribution is 2.48. The van der Waals surface area contributed by atoms with E-state index in [1.54, 1.807) is 0 Å². The molecule has 1 atom stereocenters. The van der Waals surface area contributed by atoms with E-state index in [-0.39, 0.29) is 5.92 Å². The first-order valence-electron chi connectivity index (χ1n) is 28.2. The summed E-state index contributed by atoms with van der Waals surface area (Å²) in [6, 6.07) is 71.8. The first kappa shape index (κ1) is 50.3. The van der Waals surface area contributed by atoms with Gasteiger partial charge in [0, 0.05) is 57.4 Å². The van der Waals surface area contributed by atoms with Crippen LogP contribution in [-0.4, -0.2) is 0 Å². The number of fused-ring (bicyclic) bond motifs is 5. The van der Waals surface area contributed by atoms with Crippen molar-refractivity contribution in [3.05, 3.63) is 285 Å². The maximum absolute atomic E-state index is 7.05. The number of hydrogen-bond acceptors (Lipinski definition) is 3. The summed E-state index contributed by atoms with van der Waals surface area (Å²) in [4.78, 5) is 4.96. The first-order valence-corrected chi connectivity index (χ1v) is 28.2. The van der Waals surface area contributed by atoms with Crippen LogP contribution in [0.4, 0.5) is 28.4 Å². The summed E-state index contributed by atoms with van der Waals surface area (Å²) >= 11 is 0. The standard InChI is InChI=1S/C77H66N2O/c1-47-18-10-14-22-64(47)57-27-33-71(51(5)38-57)78(72-34-28-58(39-52(72)6)65-23-15-11-19-48(65)2)63-32-26-56-43-69-70-44-61-31-37-75(55(9)68(61)46-77(70)80-76(69)45-62(56)42-63)79(73-35-29-59(40-53(73)7)66-24-16-12-20-49(66)3)74-36-30-60(41-54(74)8)67-25-17-13-21-50(67)4/h10-44,46,62H,45H2,1-9H3. The van der Waals surface area contributed by atoms with Crippen LogP contribution in [0.25, 0.3) is 72.3 Å². The van der Waals surface area contributed by atoms with Gasteiger partial charge in [0.05, 0.1) is 0 Å². The summed E-state index contributed by atoms with van der Waals surface area (Å²) < 4.78 is 7.05. The van der Waals surface area contributed by atoms with Gasteiger partial charge in [0.25, 0.3) is 0 Å². The highest BCUT2D eigenvalue weighted by Gasteiger charge is 2.30.